The van der Waals surface area contributed by atoms with E-state index in [1.54, 1.807) is 35.9 Å². The molecule has 6 rings (SSSR count). The Morgan fingerprint density at radius 1 is 1.11 bits per heavy atom. The van der Waals surface area contributed by atoms with E-state index in [4.69, 9.17) is 16.9 Å². The Hall–Kier alpha value is -3.38. The summed E-state index contributed by atoms with van der Waals surface area (Å²) in [6.07, 6.45) is 0.915. The first-order chi connectivity index (χ1) is 18.1. The van der Waals surface area contributed by atoms with Crippen LogP contribution in [0.3, 0.4) is 0 Å². The summed E-state index contributed by atoms with van der Waals surface area (Å²) < 4.78 is 42.6. The van der Waals surface area contributed by atoms with Gasteiger partial charge in [-0.3, -0.25) is 4.79 Å². The number of benzene rings is 2. The van der Waals surface area contributed by atoms with E-state index in [2.05, 4.69) is 15.5 Å². The van der Waals surface area contributed by atoms with Gasteiger partial charge in [-0.1, -0.05) is 35.9 Å². The molecule has 0 spiro atoms. The van der Waals surface area contributed by atoms with Gasteiger partial charge in [-0.25, -0.2) is 0 Å². The number of nitrogens with one attached hydrogen (secondary N) is 1. The van der Waals surface area contributed by atoms with Crippen molar-refractivity contribution in [1.82, 2.24) is 20.1 Å². The highest BCUT2D eigenvalue weighted by Gasteiger charge is 2.52. The first-order valence-electron chi connectivity index (χ1n) is 12.6. The second kappa shape index (κ2) is 9.73. The van der Waals surface area contributed by atoms with Gasteiger partial charge in [0.25, 0.3) is 0 Å². The summed E-state index contributed by atoms with van der Waals surface area (Å²) in [5.41, 5.74) is 0.188. The summed E-state index contributed by atoms with van der Waals surface area (Å²) in [5, 5.41) is 21.0. The fourth-order valence-electron chi connectivity index (χ4n) is 6.17. The molecule has 10 heteroatoms. The second-order valence-electron chi connectivity index (χ2n) is 10.6. The maximum atomic E-state index is 13.6. The van der Waals surface area contributed by atoms with Crippen molar-refractivity contribution in [2.75, 3.05) is 0 Å². The lowest BCUT2D eigenvalue weighted by Crippen LogP contribution is -2.47. The van der Waals surface area contributed by atoms with Gasteiger partial charge >= 0.3 is 6.18 Å². The molecular weight excluding hydrogens is 515 g/mol. The molecule has 1 amide bonds. The minimum Gasteiger partial charge on any atom is -0.352 e. The van der Waals surface area contributed by atoms with Gasteiger partial charge in [0.2, 0.25) is 5.91 Å². The van der Waals surface area contributed by atoms with E-state index in [0.717, 1.165) is 56.0 Å². The van der Waals surface area contributed by atoms with Gasteiger partial charge in [-0.15, -0.1) is 10.2 Å². The number of nitrogens with zero attached hydrogens (tertiary/aromatic N) is 4. The molecule has 3 aliphatic carbocycles. The number of carbonyl (C=O) groups excluding carboxylic acids is 1. The Balaban J connectivity index is 1.26. The number of nitriles is 1. The predicted molar refractivity (Wildman–Crippen MR) is 136 cm³/mol. The highest BCUT2D eigenvalue weighted by Crippen LogP contribution is 2.59. The highest BCUT2D eigenvalue weighted by molar-refractivity contribution is 6.31. The summed E-state index contributed by atoms with van der Waals surface area (Å²) in [5.74, 6) is 0.896. The lowest BCUT2D eigenvalue weighted by Gasteiger charge is -2.52. The predicted octanol–water partition coefficient (Wildman–Crippen LogP) is 6.32. The molecule has 0 atom stereocenters. The Bertz CT molecular complexity index is 1400. The molecule has 0 radical (unpaired) electrons. The Kier molecular flexibility index (Phi) is 6.72. The molecule has 3 fully saturated rings. The zero-order valence-electron chi connectivity index (χ0n) is 20.9. The van der Waals surface area contributed by atoms with Crippen molar-refractivity contribution < 1.29 is 18.0 Å². The molecule has 1 heterocycles. The Morgan fingerprint density at radius 2 is 1.79 bits per heavy atom. The fraction of sp³-hybridized carbons (Fsp3) is 0.429. The van der Waals surface area contributed by atoms with Crippen molar-refractivity contribution in [3.63, 3.8) is 0 Å². The van der Waals surface area contributed by atoms with Crippen LogP contribution in [0.4, 0.5) is 13.2 Å². The quantitative estimate of drug-likeness (QED) is 0.395. The number of alkyl halides is 3. The lowest BCUT2D eigenvalue weighted by atomic mass is 9.52. The number of fused-ring (bicyclic) bond motifs is 3. The third kappa shape index (κ3) is 4.78. The van der Waals surface area contributed by atoms with Crippen LogP contribution < -0.4 is 5.32 Å². The van der Waals surface area contributed by atoms with Crippen molar-refractivity contribution in [2.24, 2.45) is 12.5 Å². The van der Waals surface area contributed by atoms with Gasteiger partial charge in [-0.2, -0.15) is 18.4 Å². The molecule has 2 aromatic carbocycles. The number of carbonyl (C=O) groups is 1. The van der Waals surface area contributed by atoms with Gasteiger partial charge in [-0.05, 0) is 67.7 Å². The molecule has 3 aromatic rings. The van der Waals surface area contributed by atoms with Crippen LogP contribution in [-0.2, 0) is 30.0 Å². The molecule has 3 aliphatic rings. The first kappa shape index (κ1) is 26.2. The van der Waals surface area contributed by atoms with Gasteiger partial charge in [0, 0.05) is 36.0 Å². The van der Waals surface area contributed by atoms with Crippen molar-refractivity contribution in [1.29, 1.82) is 5.26 Å². The maximum Gasteiger partial charge on any atom is 0.417 e. The minimum absolute atomic E-state index is 0.0256. The summed E-state index contributed by atoms with van der Waals surface area (Å²) in [6.45, 7) is 0.296. The van der Waals surface area contributed by atoms with Crippen LogP contribution in [0.2, 0.25) is 5.02 Å². The van der Waals surface area contributed by atoms with Crippen LogP contribution in [0.25, 0.3) is 11.4 Å². The maximum absolute atomic E-state index is 13.6. The third-order valence-corrected chi connectivity index (χ3v) is 8.77. The van der Waals surface area contributed by atoms with Crippen LogP contribution in [-0.4, -0.2) is 20.7 Å². The zero-order chi connectivity index (χ0) is 27.1. The van der Waals surface area contributed by atoms with Crippen LogP contribution in [0, 0.1) is 16.7 Å². The van der Waals surface area contributed by atoms with Crippen LogP contribution in [0.15, 0.2) is 42.5 Å². The van der Waals surface area contributed by atoms with E-state index in [1.165, 1.54) is 12.1 Å². The number of hydrogen-bond donors (Lipinski definition) is 1. The van der Waals surface area contributed by atoms with Gasteiger partial charge in [0.15, 0.2) is 5.82 Å². The highest BCUT2D eigenvalue weighted by atomic mass is 35.5. The normalized spacial score (nSPS) is 22.7. The number of aromatic nitrogens is 3. The molecule has 38 heavy (non-hydrogen) atoms. The fourth-order valence-corrected chi connectivity index (χ4v) is 6.42. The summed E-state index contributed by atoms with van der Waals surface area (Å²) in [6, 6.07) is 12.5. The zero-order valence-corrected chi connectivity index (χ0v) is 21.7. The van der Waals surface area contributed by atoms with Crippen LogP contribution >= 0.6 is 11.6 Å². The van der Waals surface area contributed by atoms with E-state index >= 15 is 0 Å². The van der Waals surface area contributed by atoms with Gasteiger partial charge in [0.1, 0.15) is 5.82 Å². The molecule has 0 unspecified atom stereocenters. The average molecular weight is 542 g/mol. The summed E-state index contributed by atoms with van der Waals surface area (Å²) in [4.78, 5) is 12.9. The number of hydrogen-bond acceptors (Lipinski definition) is 4. The average Bonchev–Trinajstić information content (AvgIpc) is 3.30. The van der Waals surface area contributed by atoms with Crippen LogP contribution in [0.1, 0.15) is 67.5 Å². The molecule has 198 valence electrons. The first-order valence-corrected chi connectivity index (χ1v) is 13.0. The largest absolute Gasteiger partial charge is 0.417 e. The van der Waals surface area contributed by atoms with Crippen molar-refractivity contribution in [3.8, 4) is 17.5 Å². The Morgan fingerprint density at radius 3 is 2.42 bits per heavy atom. The topological polar surface area (TPSA) is 83.6 Å². The standard InChI is InChI=1S/C28H27ClF3N5O/c1-37-24(20-4-2-3-5-21(20)28(30,31)32)35-36-25(37)27-11-8-26(9-12-27,10-13-27)15-23(38)34-17-19-7-6-18(16-33)14-22(19)29/h2-7,14H,8-13,15,17H2,1H3,(H,34,38). The number of amides is 1. The molecule has 1 aromatic heterocycles. The SMILES string of the molecule is Cn1c(-c2ccccc2C(F)(F)F)nnc1C12CCC(CC(=O)NCc3ccc(C#N)cc3Cl)(CC1)CC2. The van der Waals surface area contributed by atoms with E-state index in [1.807, 2.05) is 6.07 Å². The Labute approximate surface area is 223 Å². The van der Waals surface area contributed by atoms with Gasteiger partial charge in [0.05, 0.1) is 17.2 Å². The van der Waals surface area contributed by atoms with Crippen LogP contribution in [0.5, 0.6) is 0 Å². The lowest BCUT2D eigenvalue weighted by molar-refractivity contribution is -0.137. The minimum atomic E-state index is -4.48. The number of halogens is 4. The smallest absolute Gasteiger partial charge is 0.352 e. The molecule has 0 saturated heterocycles. The van der Waals surface area contributed by atoms with E-state index in [9.17, 15) is 18.0 Å². The van der Waals surface area contributed by atoms with E-state index < -0.39 is 11.7 Å². The van der Waals surface area contributed by atoms with E-state index in [-0.39, 0.29) is 28.1 Å². The monoisotopic (exact) mass is 541 g/mol. The van der Waals surface area contributed by atoms with Gasteiger partial charge < -0.3 is 9.88 Å². The molecular formula is C28H27ClF3N5O. The molecule has 6 nitrogen and oxygen atoms in total. The molecule has 0 aliphatic heterocycles. The third-order valence-electron chi connectivity index (χ3n) is 8.42. The van der Waals surface area contributed by atoms with Crippen molar-refractivity contribution >= 4 is 17.5 Å². The molecule has 1 N–H and O–H groups in total. The van der Waals surface area contributed by atoms with E-state index in [0.29, 0.717) is 23.6 Å². The van der Waals surface area contributed by atoms with Crippen molar-refractivity contribution in [2.45, 2.75) is 63.1 Å². The number of rotatable bonds is 6. The molecule has 2 bridgehead atoms. The molecule has 3 saturated carbocycles. The van der Waals surface area contributed by atoms with Crippen molar-refractivity contribution in [3.05, 3.63) is 70.0 Å². The summed E-state index contributed by atoms with van der Waals surface area (Å²) >= 11 is 6.23. The second-order valence-corrected chi connectivity index (χ2v) is 11.0. The summed E-state index contributed by atoms with van der Waals surface area (Å²) in [7, 11) is 1.74.